The molecule has 4 heterocycles. The Kier molecular flexibility index (Phi) is 7.16. The number of morpholine rings is 1. The van der Waals surface area contributed by atoms with Gasteiger partial charge in [-0.15, -0.1) is 5.10 Å². The molecule has 2 fully saturated rings. The van der Waals surface area contributed by atoms with E-state index >= 15 is 0 Å². The number of carbonyl (C=O) groups is 1. The fourth-order valence-corrected chi connectivity index (χ4v) is 4.77. The summed E-state index contributed by atoms with van der Waals surface area (Å²) in [5.74, 6) is -1.30. The third-order valence-electron chi connectivity index (χ3n) is 6.92. The van der Waals surface area contributed by atoms with E-state index in [4.69, 9.17) is 10.00 Å². The van der Waals surface area contributed by atoms with Crippen molar-refractivity contribution >= 4 is 24.4 Å². The number of carbonyl (C=O) groups excluding carboxylic acids is 1. The Balaban J connectivity index is 1.16. The van der Waals surface area contributed by atoms with E-state index in [9.17, 15) is 13.6 Å². The van der Waals surface area contributed by atoms with Crippen molar-refractivity contribution in [3.05, 3.63) is 52.9 Å². The minimum Gasteiger partial charge on any atom is -0.370 e. The standard InChI is InChI=1S/C25H26F2N8O2/c1-16-2-3-31-32-15-35(16)25-29-10-17(11-30-25)6-24(36)34-5-4-33-13-23(37-14-19(33)12-34)18-7-21(26)20(9-28)22(27)8-18/h3,7-8,10-11,15-16,19,23H,2,4-6,12-14H2,1H3. The van der Waals surface area contributed by atoms with Gasteiger partial charge in [0.25, 0.3) is 0 Å². The maximum absolute atomic E-state index is 14.1. The number of benzene rings is 1. The van der Waals surface area contributed by atoms with E-state index in [2.05, 4.69) is 25.1 Å². The van der Waals surface area contributed by atoms with E-state index in [-0.39, 0.29) is 24.4 Å². The predicted octanol–water partition coefficient (Wildman–Crippen LogP) is 2.07. The van der Waals surface area contributed by atoms with Crippen molar-refractivity contribution in [3.63, 3.8) is 0 Å². The SMILES string of the molecule is CC1CC=NN=CN1c1ncc(CC(=O)N2CCN3CC(c4cc(F)c(C#N)c(F)c4)OCC3C2)cn1. The van der Waals surface area contributed by atoms with Gasteiger partial charge in [-0.1, -0.05) is 0 Å². The molecule has 0 bridgehead atoms. The Morgan fingerprint density at radius 1 is 1.16 bits per heavy atom. The van der Waals surface area contributed by atoms with Crippen LogP contribution in [0.3, 0.4) is 0 Å². The van der Waals surface area contributed by atoms with E-state index in [0.717, 1.165) is 24.1 Å². The van der Waals surface area contributed by atoms with Crippen LogP contribution in [0, 0.1) is 23.0 Å². The fourth-order valence-electron chi connectivity index (χ4n) is 4.77. The average molecular weight is 509 g/mol. The summed E-state index contributed by atoms with van der Waals surface area (Å²) in [5, 5.41) is 16.7. The number of amides is 1. The molecule has 3 aliphatic heterocycles. The number of fused-ring (bicyclic) bond motifs is 1. The van der Waals surface area contributed by atoms with Crippen LogP contribution in [0.4, 0.5) is 14.7 Å². The van der Waals surface area contributed by atoms with Crippen LogP contribution in [0.2, 0.25) is 0 Å². The molecular formula is C25H26F2N8O2. The second kappa shape index (κ2) is 10.7. The first-order valence-corrected chi connectivity index (χ1v) is 12.1. The number of nitriles is 1. The first kappa shape index (κ1) is 24.9. The van der Waals surface area contributed by atoms with Crippen LogP contribution in [-0.4, -0.2) is 83.1 Å². The Hall–Kier alpha value is -3.82. The normalized spacial score (nSPS) is 23.9. The molecule has 0 radical (unpaired) electrons. The number of piperazine rings is 1. The number of hydrogen-bond donors (Lipinski definition) is 0. The highest BCUT2D eigenvalue weighted by Gasteiger charge is 2.36. The van der Waals surface area contributed by atoms with Gasteiger partial charge in [-0.05, 0) is 30.2 Å². The highest BCUT2D eigenvalue weighted by molar-refractivity contribution is 5.80. The lowest BCUT2D eigenvalue weighted by molar-refractivity contribution is -0.139. The third kappa shape index (κ3) is 5.33. The summed E-state index contributed by atoms with van der Waals surface area (Å²) in [7, 11) is 0. The van der Waals surface area contributed by atoms with Crippen molar-refractivity contribution in [2.24, 2.45) is 10.2 Å². The van der Waals surface area contributed by atoms with Gasteiger partial charge >= 0.3 is 0 Å². The zero-order valence-corrected chi connectivity index (χ0v) is 20.3. The van der Waals surface area contributed by atoms with Gasteiger partial charge in [0, 0.05) is 57.2 Å². The molecule has 0 aliphatic carbocycles. The van der Waals surface area contributed by atoms with Gasteiger partial charge in [0.2, 0.25) is 11.9 Å². The van der Waals surface area contributed by atoms with Crippen molar-refractivity contribution in [1.29, 1.82) is 5.26 Å². The molecular weight excluding hydrogens is 482 g/mol. The molecule has 3 aliphatic rings. The van der Waals surface area contributed by atoms with Crippen molar-refractivity contribution in [2.75, 3.05) is 37.7 Å². The lowest BCUT2D eigenvalue weighted by Gasteiger charge is -2.46. The maximum atomic E-state index is 14.1. The van der Waals surface area contributed by atoms with E-state index in [1.807, 2.05) is 11.8 Å². The molecule has 0 spiro atoms. The zero-order chi connectivity index (χ0) is 25.9. The molecule has 1 aromatic carbocycles. The molecule has 2 saturated heterocycles. The van der Waals surface area contributed by atoms with Gasteiger partial charge < -0.3 is 9.64 Å². The lowest BCUT2D eigenvalue weighted by atomic mass is 10.0. The van der Waals surface area contributed by atoms with Crippen LogP contribution in [-0.2, 0) is 16.0 Å². The van der Waals surface area contributed by atoms with E-state index in [1.165, 1.54) is 6.07 Å². The van der Waals surface area contributed by atoms with Crippen LogP contribution in [0.1, 0.15) is 36.1 Å². The van der Waals surface area contributed by atoms with Crippen LogP contribution in [0.15, 0.2) is 34.7 Å². The Morgan fingerprint density at radius 3 is 2.65 bits per heavy atom. The summed E-state index contributed by atoms with van der Waals surface area (Å²) in [6, 6.07) is 3.97. The number of halogens is 2. The second-order valence-electron chi connectivity index (χ2n) is 9.37. The number of aromatic nitrogens is 2. The smallest absolute Gasteiger partial charge is 0.230 e. The first-order valence-electron chi connectivity index (χ1n) is 12.1. The van der Waals surface area contributed by atoms with Crippen LogP contribution < -0.4 is 4.90 Å². The summed E-state index contributed by atoms with van der Waals surface area (Å²) in [6.07, 6.45) is 7.07. The van der Waals surface area contributed by atoms with Crippen molar-refractivity contribution in [3.8, 4) is 6.07 Å². The van der Waals surface area contributed by atoms with Gasteiger partial charge in [-0.25, -0.2) is 18.7 Å². The van der Waals surface area contributed by atoms with Crippen LogP contribution in [0.5, 0.6) is 0 Å². The molecule has 2 aromatic rings. The van der Waals surface area contributed by atoms with Gasteiger partial charge in [-0.3, -0.25) is 14.6 Å². The van der Waals surface area contributed by atoms with Gasteiger partial charge in [0.15, 0.2) is 0 Å². The predicted molar refractivity (Wildman–Crippen MR) is 131 cm³/mol. The molecule has 1 amide bonds. The quantitative estimate of drug-likeness (QED) is 0.622. The number of ether oxygens (including phenoxy) is 1. The van der Waals surface area contributed by atoms with E-state index < -0.39 is 23.3 Å². The topological polar surface area (TPSA) is 110 Å². The first-order chi connectivity index (χ1) is 17.9. The summed E-state index contributed by atoms with van der Waals surface area (Å²) in [4.78, 5) is 27.7. The number of nitrogens with zero attached hydrogens (tertiary/aromatic N) is 8. The summed E-state index contributed by atoms with van der Waals surface area (Å²) >= 11 is 0. The summed E-state index contributed by atoms with van der Waals surface area (Å²) in [5.41, 5.74) is 0.490. The highest BCUT2D eigenvalue weighted by Crippen LogP contribution is 2.29. The van der Waals surface area contributed by atoms with Gasteiger partial charge in [0.1, 0.15) is 29.6 Å². The minimum absolute atomic E-state index is 0.00770. The third-order valence-corrected chi connectivity index (χ3v) is 6.92. The zero-order valence-electron chi connectivity index (χ0n) is 20.3. The molecule has 0 saturated carbocycles. The molecule has 37 heavy (non-hydrogen) atoms. The molecule has 192 valence electrons. The molecule has 3 atom stereocenters. The Bertz CT molecular complexity index is 1240. The van der Waals surface area contributed by atoms with Crippen LogP contribution in [0.25, 0.3) is 0 Å². The molecule has 10 nitrogen and oxygen atoms in total. The van der Waals surface area contributed by atoms with Crippen LogP contribution >= 0.6 is 0 Å². The number of anilines is 1. The largest absolute Gasteiger partial charge is 0.370 e. The highest BCUT2D eigenvalue weighted by atomic mass is 19.1. The number of hydrogen-bond acceptors (Lipinski definition) is 9. The summed E-state index contributed by atoms with van der Waals surface area (Å²) < 4.78 is 34.1. The van der Waals surface area contributed by atoms with Crippen molar-refractivity contribution in [2.45, 2.75) is 38.0 Å². The monoisotopic (exact) mass is 508 g/mol. The molecule has 3 unspecified atom stereocenters. The van der Waals surface area contributed by atoms with Gasteiger partial charge in [-0.2, -0.15) is 10.4 Å². The second-order valence-corrected chi connectivity index (χ2v) is 9.37. The average Bonchev–Trinajstić information content (AvgIpc) is 3.12. The molecule has 5 rings (SSSR count). The van der Waals surface area contributed by atoms with E-state index in [0.29, 0.717) is 44.3 Å². The minimum atomic E-state index is -0.890. The molecule has 1 aromatic heterocycles. The molecule has 0 N–H and O–H groups in total. The van der Waals surface area contributed by atoms with Crippen molar-refractivity contribution in [1.82, 2.24) is 19.8 Å². The van der Waals surface area contributed by atoms with Crippen molar-refractivity contribution < 1.29 is 18.3 Å². The maximum Gasteiger partial charge on any atom is 0.230 e. The summed E-state index contributed by atoms with van der Waals surface area (Å²) in [6.45, 7) is 4.48. The fraction of sp³-hybridized carbons (Fsp3) is 0.440. The lowest BCUT2D eigenvalue weighted by Crippen LogP contribution is -2.59. The Labute approximate surface area is 212 Å². The van der Waals surface area contributed by atoms with Gasteiger partial charge in [0.05, 0.1) is 25.2 Å². The van der Waals surface area contributed by atoms with E-state index in [1.54, 1.807) is 29.8 Å². The Morgan fingerprint density at radius 2 is 1.92 bits per heavy atom. The molecule has 12 heteroatoms. The number of rotatable bonds is 4.